The molecule has 0 radical (unpaired) electrons. The van der Waals surface area contributed by atoms with Gasteiger partial charge in [-0.25, -0.2) is 0 Å². The van der Waals surface area contributed by atoms with E-state index in [2.05, 4.69) is 30.1 Å². The number of hydrogen-bond donors (Lipinski definition) is 1. The Morgan fingerprint density at radius 2 is 2.20 bits per heavy atom. The molecule has 0 aliphatic heterocycles. The van der Waals surface area contributed by atoms with Crippen molar-refractivity contribution in [1.29, 1.82) is 5.26 Å². The third-order valence-electron chi connectivity index (χ3n) is 2.76. The Morgan fingerprint density at radius 3 is 2.53 bits per heavy atom. The fourth-order valence-corrected chi connectivity index (χ4v) is 1.50. The Labute approximate surface area is 93.2 Å². The predicted molar refractivity (Wildman–Crippen MR) is 61.7 cm³/mol. The lowest BCUT2D eigenvalue weighted by molar-refractivity contribution is 0.0910. The highest BCUT2D eigenvalue weighted by atomic mass is 16.5. The van der Waals surface area contributed by atoms with Crippen LogP contribution in [0.15, 0.2) is 0 Å². The van der Waals surface area contributed by atoms with Crippen LogP contribution >= 0.6 is 0 Å². The van der Waals surface area contributed by atoms with Crippen LogP contribution in [0.5, 0.6) is 0 Å². The Balaban J connectivity index is 4.38. The molecule has 0 fully saturated rings. The summed E-state index contributed by atoms with van der Waals surface area (Å²) < 4.78 is 5.12. The maximum atomic E-state index is 9.07. The van der Waals surface area contributed by atoms with Crippen molar-refractivity contribution in [3.05, 3.63) is 0 Å². The summed E-state index contributed by atoms with van der Waals surface area (Å²) in [5, 5.41) is 12.1. The average Bonchev–Trinajstić information content (AvgIpc) is 2.26. The number of rotatable bonds is 7. The van der Waals surface area contributed by atoms with Gasteiger partial charge in [-0.2, -0.15) is 5.26 Å². The monoisotopic (exact) mass is 213 g/mol. The number of likely N-dealkylation sites (N-methyl/N-ethyl adjacent to an activating group) is 2. The second-order valence-corrected chi connectivity index (χ2v) is 4.06. The predicted octanol–water partition coefficient (Wildman–Crippen LogP) is 0.845. The van der Waals surface area contributed by atoms with Gasteiger partial charge in [0.15, 0.2) is 0 Å². The first-order valence-corrected chi connectivity index (χ1v) is 5.36. The van der Waals surface area contributed by atoms with E-state index in [-0.39, 0.29) is 0 Å². The van der Waals surface area contributed by atoms with E-state index < -0.39 is 5.54 Å². The third-order valence-corrected chi connectivity index (χ3v) is 2.76. The standard InChI is InChI=1S/C11H23N3O/c1-6-14(10(2)7-15-5)9-11(3,8-12)13-4/h10,13H,6-7,9H2,1-5H3. The first kappa shape index (κ1) is 14.4. The van der Waals surface area contributed by atoms with Crippen molar-refractivity contribution in [2.45, 2.75) is 32.4 Å². The molecule has 0 aromatic carbocycles. The van der Waals surface area contributed by atoms with Crippen molar-refractivity contribution in [1.82, 2.24) is 10.2 Å². The van der Waals surface area contributed by atoms with Gasteiger partial charge < -0.3 is 10.1 Å². The molecule has 88 valence electrons. The normalized spacial score (nSPS) is 17.1. The molecule has 4 nitrogen and oxygen atoms in total. The number of nitrogens with zero attached hydrogens (tertiary/aromatic N) is 2. The van der Waals surface area contributed by atoms with E-state index in [4.69, 9.17) is 10.00 Å². The highest BCUT2D eigenvalue weighted by Gasteiger charge is 2.26. The quantitative estimate of drug-likeness (QED) is 0.681. The van der Waals surface area contributed by atoms with Crippen LogP contribution in [0.3, 0.4) is 0 Å². The molecule has 4 heteroatoms. The molecule has 0 spiro atoms. The summed E-state index contributed by atoms with van der Waals surface area (Å²) in [6.45, 7) is 8.44. The molecule has 0 heterocycles. The van der Waals surface area contributed by atoms with Gasteiger partial charge in [-0.05, 0) is 27.4 Å². The fourth-order valence-electron chi connectivity index (χ4n) is 1.50. The molecule has 0 aromatic rings. The molecule has 0 aromatic heterocycles. The summed E-state index contributed by atoms with van der Waals surface area (Å²) >= 11 is 0. The smallest absolute Gasteiger partial charge is 0.116 e. The molecule has 2 atom stereocenters. The molecule has 0 bridgehead atoms. The molecule has 0 rings (SSSR count). The number of ether oxygens (including phenoxy) is 1. The molecule has 2 unspecified atom stereocenters. The van der Waals surface area contributed by atoms with E-state index in [1.165, 1.54) is 0 Å². The van der Waals surface area contributed by atoms with Crippen molar-refractivity contribution in [2.75, 3.05) is 33.9 Å². The maximum Gasteiger partial charge on any atom is 0.116 e. The van der Waals surface area contributed by atoms with Gasteiger partial charge in [0.25, 0.3) is 0 Å². The van der Waals surface area contributed by atoms with E-state index in [9.17, 15) is 0 Å². The number of hydrogen-bond acceptors (Lipinski definition) is 4. The highest BCUT2D eigenvalue weighted by Crippen LogP contribution is 2.08. The van der Waals surface area contributed by atoms with E-state index in [1.54, 1.807) is 7.11 Å². The summed E-state index contributed by atoms with van der Waals surface area (Å²) in [5.41, 5.74) is -0.488. The lowest BCUT2D eigenvalue weighted by Gasteiger charge is -2.33. The Bertz CT molecular complexity index is 214. The van der Waals surface area contributed by atoms with Gasteiger partial charge in [-0.3, -0.25) is 4.90 Å². The fraction of sp³-hybridized carbons (Fsp3) is 0.909. The van der Waals surface area contributed by atoms with Gasteiger partial charge in [-0.15, -0.1) is 0 Å². The first-order chi connectivity index (χ1) is 7.02. The van der Waals surface area contributed by atoms with Gasteiger partial charge >= 0.3 is 0 Å². The van der Waals surface area contributed by atoms with Crippen LogP contribution in [0.25, 0.3) is 0 Å². The SMILES string of the molecule is CCN(CC(C)(C#N)NC)C(C)COC. The zero-order valence-corrected chi connectivity index (χ0v) is 10.5. The maximum absolute atomic E-state index is 9.07. The van der Waals surface area contributed by atoms with Gasteiger partial charge in [0.1, 0.15) is 5.54 Å². The minimum Gasteiger partial charge on any atom is -0.383 e. The molecular formula is C11H23N3O. The Kier molecular flexibility index (Phi) is 6.50. The van der Waals surface area contributed by atoms with Crippen LogP contribution < -0.4 is 5.32 Å². The molecule has 15 heavy (non-hydrogen) atoms. The molecule has 0 aliphatic rings. The number of methoxy groups -OCH3 is 1. The van der Waals surface area contributed by atoms with Crippen LogP contribution in [-0.4, -0.2) is 50.3 Å². The van der Waals surface area contributed by atoms with Crippen LogP contribution in [0, 0.1) is 11.3 Å². The molecule has 0 aliphatic carbocycles. The van der Waals surface area contributed by atoms with E-state index >= 15 is 0 Å². The highest BCUT2D eigenvalue weighted by molar-refractivity contribution is 5.05. The van der Waals surface area contributed by atoms with Crippen molar-refractivity contribution in [3.63, 3.8) is 0 Å². The van der Waals surface area contributed by atoms with Gasteiger partial charge in [0.05, 0.1) is 12.7 Å². The van der Waals surface area contributed by atoms with Gasteiger partial charge in [0.2, 0.25) is 0 Å². The Morgan fingerprint density at radius 1 is 1.60 bits per heavy atom. The van der Waals surface area contributed by atoms with Crippen LogP contribution in [-0.2, 0) is 4.74 Å². The second kappa shape index (κ2) is 6.78. The Hall–Kier alpha value is -0.630. The van der Waals surface area contributed by atoms with Crippen LogP contribution in [0.1, 0.15) is 20.8 Å². The van der Waals surface area contributed by atoms with Crippen LogP contribution in [0.4, 0.5) is 0 Å². The molecule has 0 saturated heterocycles. The summed E-state index contributed by atoms with van der Waals surface area (Å²) in [6.07, 6.45) is 0. The lowest BCUT2D eigenvalue weighted by Crippen LogP contribution is -2.51. The number of nitrogens with one attached hydrogen (secondary N) is 1. The summed E-state index contributed by atoms with van der Waals surface area (Å²) in [4.78, 5) is 2.24. The molecule has 1 N–H and O–H groups in total. The first-order valence-electron chi connectivity index (χ1n) is 5.36. The van der Waals surface area contributed by atoms with E-state index in [1.807, 2.05) is 14.0 Å². The van der Waals surface area contributed by atoms with Gasteiger partial charge in [-0.1, -0.05) is 6.92 Å². The zero-order valence-electron chi connectivity index (χ0n) is 10.5. The number of nitriles is 1. The minimum atomic E-state index is -0.488. The summed E-state index contributed by atoms with van der Waals surface area (Å²) in [7, 11) is 3.52. The zero-order chi connectivity index (χ0) is 11.9. The van der Waals surface area contributed by atoms with E-state index in [0.717, 1.165) is 6.54 Å². The average molecular weight is 213 g/mol. The van der Waals surface area contributed by atoms with E-state index in [0.29, 0.717) is 19.2 Å². The molecular weight excluding hydrogens is 190 g/mol. The second-order valence-electron chi connectivity index (χ2n) is 4.06. The topological polar surface area (TPSA) is 48.3 Å². The third kappa shape index (κ3) is 4.61. The van der Waals surface area contributed by atoms with Crippen molar-refractivity contribution in [3.8, 4) is 6.07 Å². The summed E-state index contributed by atoms with van der Waals surface area (Å²) in [6, 6.07) is 2.63. The lowest BCUT2D eigenvalue weighted by atomic mass is 10.0. The van der Waals surface area contributed by atoms with Crippen LogP contribution in [0.2, 0.25) is 0 Å². The largest absolute Gasteiger partial charge is 0.383 e. The van der Waals surface area contributed by atoms with Gasteiger partial charge in [0, 0.05) is 19.7 Å². The van der Waals surface area contributed by atoms with Crippen molar-refractivity contribution < 1.29 is 4.74 Å². The van der Waals surface area contributed by atoms with Crippen molar-refractivity contribution >= 4 is 0 Å². The molecule has 0 amide bonds. The summed E-state index contributed by atoms with van der Waals surface area (Å²) in [5.74, 6) is 0. The molecule has 0 saturated carbocycles. The minimum absolute atomic E-state index is 0.334. The van der Waals surface area contributed by atoms with Crippen molar-refractivity contribution in [2.24, 2.45) is 0 Å².